The number of carbonyl (C=O) groups is 1. The molecule has 1 aromatic carbocycles. The molecule has 2 heterocycles. The third-order valence-corrected chi connectivity index (χ3v) is 3.85. The number of pyridine rings is 1. The van der Waals surface area contributed by atoms with Gasteiger partial charge in [0, 0.05) is 21.8 Å². The number of nitrogens with one attached hydrogen (secondary N) is 1. The standard InChI is InChI=1S/C15H12Cl2N2O2/c16-10-4-3-9(12(17)7-10)6-14(20)19-13-8-21-15-11(13)2-1-5-18-15/h1-5,7,13H,6,8H2,(H,19,20)/t13-/m0/s1. The van der Waals surface area contributed by atoms with Gasteiger partial charge in [0.15, 0.2) is 0 Å². The number of fused-ring (bicyclic) bond motifs is 1. The molecule has 0 spiro atoms. The number of carbonyl (C=O) groups excluding carboxylic acids is 1. The normalized spacial score (nSPS) is 16.2. The Morgan fingerprint density at radius 3 is 3.05 bits per heavy atom. The molecule has 1 atom stereocenters. The number of nitrogens with zero attached hydrogens (tertiary/aromatic N) is 1. The van der Waals surface area contributed by atoms with Crippen LogP contribution in [0.25, 0.3) is 0 Å². The van der Waals surface area contributed by atoms with E-state index in [2.05, 4.69) is 10.3 Å². The summed E-state index contributed by atoms with van der Waals surface area (Å²) in [6.45, 7) is 0.395. The van der Waals surface area contributed by atoms with E-state index in [0.717, 1.165) is 11.1 Å². The van der Waals surface area contributed by atoms with E-state index in [1.807, 2.05) is 12.1 Å². The van der Waals surface area contributed by atoms with E-state index in [1.54, 1.807) is 24.4 Å². The molecule has 0 fully saturated rings. The fraction of sp³-hybridized carbons (Fsp3) is 0.200. The van der Waals surface area contributed by atoms with Gasteiger partial charge in [-0.3, -0.25) is 4.79 Å². The highest BCUT2D eigenvalue weighted by atomic mass is 35.5. The number of hydrogen-bond acceptors (Lipinski definition) is 3. The number of halogens is 2. The predicted molar refractivity (Wildman–Crippen MR) is 80.8 cm³/mol. The Kier molecular flexibility index (Phi) is 3.99. The van der Waals surface area contributed by atoms with Crippen molar-refractivity contribution in [3.8, 4) is 5.88 Å². The first-order valence-corrected chi connectivity index (χ1v) is 7.20. The van der Waals surface area contributed by atoms with Gasteiger partial charge in [-0.25, -0.2) is 4.98 Å². The third kappa shape index (κ3) is 3.12. The average Bonchev–Trinajstić information content (AvgIpc) is 2.85. The van der Waals surface area contributed by atoms with Crippen LogP contribution in [0, 0.1) is 0 Å². The summed E-state index contributed by atoms with van der Waals surface area (Å²) in [7, 11) is 0. The zero-order valence-corrected chi connectivity index (χ0v) is 12.5. The van der Waals surface area contributed by atoms with Crippen molar-refractivity contribution in [3.05, 3.63) is 57.7 Å². The van der Waals surface area contributed by atoms with E-state index in [4.69, 9.17) is 27.9 Å². The van der Waals surface area contributed by atoms with Crippen molar-refractivity contribution < 1.29 is 9.53 Å². The van der Waals surface area contributed by atoms with E-state index in [1.165, 1.54) is 0 Å². The number of benzene rings is 1. The average molecular weight is 323 g/mol. The van der Waals surface area contributed by atoms with Gasteiger partial charge < -0.3 is 10.1 Å². The number of aromatic nitrogens is 1. The maximum Gasteiger partial charge on any atom is 0.225 e. The van der Waals surface area contributed by atoms with Crippen LogP contribution in [0.3, 0.4) is 0 Å². The van der Waals surface area contributed by atoms with E-state index in [-0.39, 0.29) is 18.4 Å². The zero-order chi connectivity index (χ0) is 14.8. The number of amides is 1. The van der Waals surface area contributed by atoms with Crippen LogP contribution in [0.15, 0.2) is 36.5 Å². The van der Waals surface area contributed by atoms with Gasteiger partial charge >= 0.3 is 0 Å². The lowest BCUT2D eigenvalue weighted by Gasteiger charge is -2.12. The smallest absolute Gasteiger partial charge is 0.225 e. The highest BCUT2D eigenvalue weighted by molar-refractivity contribution is 6.35. The number of hydrogen-bond donors (Lipinski definition) is 1. The Morgan fingerprint density at radius 2 is 2.24 bits per heavy atom. The summed E-state index contributed by atoms with van der Waals surface area (Å²) in [6, 6.07) is 8.65. The number of ether oxygens (including phenoxy) is 1. The van der Waals surface area contributed by atoms with E-state index in [9.17, 15) is 4.79 Å². The van der Waals surface area contributed by atoms with E-state index < -0.39 is 0 Å². The molecule has 0 saturated carbocycles. The van der Waals surface area contributed by atoms with Gasteiger partial charge in [-0.05, 0) is 29.8 Å². The fourth-order valence-corrected chi connectivity index (χ4v) is 2.72. The summed E-state index contributed by atoms with van der Waals surface area (Å²) in [5, 5.41) is 3.97. The molecule has 6 heteroatoms. The van der Waals surface area contributed by atoms with Crippen LogP contribution in [0.1, 0.15) is 17.2 Å². The summed E-state index contributed by atoms with van der Waals surface area (Å²) in [5.74, 6) is 0.455. The van der Waals surface area contributed by atoms with Crippen molar-refractivity contribution in [1.29, 1.82) is 0 Å². The van der Waals surface area contributed by atoms with E-state index in [0.29, 0.717) is 22.5 Å². The summed E-state index contributed by atoms with van der Waals surface area (Å²) >= 11 is 11.9. The quantitative estimate of drug-likeness (QED) is 0.944. The minimum absolute atomic E-state index is 0.121. The van der Waals surface area contributed by atoms with Gasteiger partial charge in [0.05, 0.1) is 12.5 Å². The monoisotopic (exact) mass is 322 g/mol. The molecule has 0 radical (unpaired) electrons. The summed E-state index contributed by atoms with van der Waals surface area (Å²) < 4.78 is 5.43. The molecule has 1 N–H and O–H groups in total. The largest absolute Gasteiger partial charge is 0.475 e. The fourth-order valence-electron chi connectivity index (χ4n) is 2.24. The minimum Gasteiger partial charge on any atom is -0.475 e. The highest BCUT2D eigenvalue weighted by Crippen LogP contribution is 2.29. The van der Waals surface area contributed by atoms with Gasteiger partial charge in [-0.15, -0.1) is 0 Å². The van der Waals surface area contributed by atoms with Crippen molar-refractivity contribution in [2.24, 2.45) is 0 Å². The maximum absolute atomic E-state index is 12.1. The van der Waals surface area contributed by atoms with Gasteiger partial charge in [0.1, 0.15) is 6.61 Å². The van der Waals surface area contributed by atoms with Crippen LogP contribution in [0.5, 0.6) is 5.88 Å². The highest BCUT2D eigenvalue weighted by Gasteiger charge is 2.26. The van der Waals surface area contributed by atoms with Crippen molar-refractivity contribution in [3.63, 3.8) is 0 Å². The SMILES string of the molecule is O=C(Cc1ccc(Cl)cc1Cl)N[C@H]1COc2ncccc21. The Morgan fingerprint density at radius 1 is 1.38 bits per heavy atom. The zero-order valence-electron chi connectivity index (χ0n) is 11.0. The second-order valence-electron chi connectivity index (χ2n) is 4.74. The Labute approximate surface area is 132 Å². The Balaban J connectivity index is 1.68. The predicted octanol–water partition coefficient (Wildman–Crippen LogP) is 3.18. The van der Waals surface area contributed by atoms with E-state index >= 15 is 0 Å². The molecule has 0 unspecified atom stereocenters. The molecule has 1 aromatic heterocycles. The lowest BCUT2D eigenvalue weighted by molar-refractivity contribution is -0.121. The number of rotatable bonds is 3. The van der Waals surface area contributed by atoms with Crippen molar-refractivity contribution in [1.82, 2.24) is 10.3 Å². The van der Waals surface area contributed by atoms with Crippen molar-refractivity contribution in [2.45, 2.75) is 12.5 Å². The lowest BCUT2D eigenvalue weighted by atomic mass is 10.1. The molecule has 0 saturated heterocycles. The molecule has 0 aliphatic carbocycles. The molecule has 1 aliphatic heterocycles. The Bertz CT molecular complexity index is 691. The molecule has 3 rings (SSSR count). The summed E-state index contributed by atoms with van der Waals surface area (Å²) in [4.78, 5) is 16.3. The van der Waals surface area contributed by atoms with Crippen LogP contribution in [0.2, 0.25) is 10.0 Å². The first-order chi connectivity index (χ1) is 10.1. The van der Waals surface area contributed by atoms with Gasteiger partial charge in [0.25, 0.3) is 0 Å². The summed E-state index contributed by atoms with van der Waals surface area (Å²) in [6.07, 6.45) is 1.86. The first kappa shape index (κ1) is 14.2. The molecule has 1 aliphatic rings. The first-order valence-electron chi connectivity index (χ1n) is 6.44. The summed E-state index contributed by atoms with van der Waals surface area (Å²) in [5.41, 5.74) is 1.64. The van der Waals surface area contributed by atoms with Crippen molar-refractivity contribution in [2.75, 3.05) is 6.61 Å². The van der Waals surface area contributed by atoms with Crippen LogP contribution >= 0.6 is 23.2 Å². The van der Waals surface area contributed by atoms with Crippen LogP contribution in [-0.4, -0.2) is 17.5 Å². The maximum atomic E-state index is 12.1. The van der Waals surface area contributed by atoms with Crippen molar-refractivity contribution >= 4 is 29.1 Å². The lowest BCUT2D eigenvalue weighted by Crippen LogP contribution is -2.30. The van der Waals surface area contributed by atoms with Crippen LogP contribution in [-0.2, 0) is 11.2 Å². The van der Waals surface area contributed by atoms with Gasteiger partial charge in [-0.2, -0.15) is 0 Å². The van der Waals surface area contributed by atoms with Gasteiger partial charge in [-0.1, -0.05) is 29.3 Å². The Hall–Kier alpha value is -1.78. The minimum atomic E-state index is -0.174. The molecule has 0 bridgehead atoms. The van der Waals surface area contributed by atoms with Crippen LogP contribution < -0.4 is 10.1 Å². The van der Waals surface area contributed by atoms with Gasteiger partial charge in [0.2, 0.25) is 11.8 Å². The topological polar surface area (TPSA) is 51.2 Å². The molecule has 108 valence electrons. The molecular formula is C15H12Cl2N2O2. The van der Waals surface area contributed by atoms with Crippen LogP contribution in [0.4, 0.5) is 0 Å². The molecule has 4 nitrogen and oxygen atoms in total. The third-order valence-electron chi connectivity index (χ3n) is 3.26. The molecule has 21 heavy (non-hydrogen) atoms. The molecule has 2 aromatic rings. The molecule has 1 amide bonds. The molecular weight excluding hydrogens is 311 g/mol. The second kappa shape index (κ2) is 5.92. The second-order valence-corrected chi connectivity index (χ2v) is 5.59.